The fourth-order valence-electron chi connectivity index (χ4n) is 2.62. The Bertz CT molecular complexity index is 1260. The third kappa shape index (κ3) is 6.04. The smallest absolute Gasteiger partial charge is 0.269 e. The predicted molar refractivity (Wildman–Crippen MR) is 133 cm³/mol. The van der Waals surface area contributed by atoms with Crippen molar-refractivity contribution in [3.63, 3.8) is 0 Å². The number of hydrogen-bond acceptors (Lipinski definition) is 6. The molecule has 9 heteroatoms. The van der Waals surface area contributed by atoms with Gasteiger partial charge in [-0.15, -0.1) is 0 Å². The molecule has 1 heterocycles. The maximum atomic E-state index is 10.8. The van der Waals surface area contributed by atoms with Crippen molar-refractivity contribution in [2.75, 3.05) is 0 Å². The molecule has 4 aromatic rings. The fourth-order valence-corrected chi connectivity index (χ4v) is 4.89. The van der Waals surface area contributed by atoms with Crippen LogP contribution in [0.3, 0.4) is 0 Å². The number of furan rings is 1. The zero-order chi connectivity index (χ0) is 22.5. The number of nitro groups is 1. The van der Waals surface area contributed by atoms with Crippen molar-refractivity contribution in [1.82, 2.24) is 0 Å². The molecule has 0 aliphatic rings. The number of non-ortho nitro benzene ring substituents is 1. The third-order valence-electron chi connectivity index (χ3n) is 4.16. The molecule has 0 unspecified atom stereocenters. The average molecular weight is 546 g/mol. The van der Waals surface area contributed by atoms with Crippen LogP contribution in [0.2, 0.25) is 5.02 Å². The van der Waals surface area contributed by atoms with Gasteiger partial charge in [0.05, 0.1) is 21.3 Å². The second kappa shape index (κ2) is 10.4. The fraction of sp³-hybridized carbons (Fsp3) is 0. The Labute approximate surface area is 206 Å². The second-order valence-corrected chi connectivity index (χ2v) is 9.93. The topological polar surface area (TPSA) is 68.6 Å². The molecule has 5 nitrogen and oxygen atoms in total. The number of aliphatic imine (C=N–C) groups is 1. The van der Waals surface area contributed by atoms with E-state index in [4.69, 9.17) is 16.0 Å². The number of hydrogen-bond donors (Lipinski definition) is 0. The number of nitrogens with zero attached hydrogens (tertiary/aromatic N) is 2. The van der Waals surface area contributed by atoms with Crippen molar-refractivity contribution in [3.8, 4) is 0 Å². The molecule has 0 aliphatic heterocycles. The van der Waals surface area contributed by atoms with Crippen LogP contribution in [0.4, 0.5) is 11.4 Å². The molecule has 0 amide bonds. The maximum absolute atomic E-state index is 10.8. The summed E-state index contributed by atoms with van der Waals surface area (Å²) in [6.07, 6.45) is 1.68. The van der Waals surface area contributed by atoms with Gasteiger partial charge in [0.25, 0.3) is 5.69 Å². The first kappa shape index (κ1) is 22.7. The SMILES string of the molecule is O=[N+]([O-])c1ccc(Sc2ccc(N=Cc3cc(Br)c(Sc4ccc(Cl)cc4)o3)cc2)cc1. The van der Waals surface area contributed by atoms with Gasteiger partial charge in [-0.2, -0.15) is 0 Å². The minimum absolute atomic E-state index is 0.0818. The lowest BCUT2D eigenvalue weighted by Crippen LogP contribution is -1.86. The summed E-state index contributed by atoms with van der Waals surface area (Å²) in [7, 11) is 0. The highest BCUT2D eigenvalue weighted by molar-refractivity contribution is 9.10. The van der Waals surface area contributed by atoms with Crippen LogP contribution in [0.15, 0.2) is 113 Å². The van der Waals surface area contributed by atoms with Crippen LogP contribution in [-0.2, 0) is 0 Å². The lowest BCUT2D eigenvalue weighted by Gasteiger charge is -2.02. The van der Waals surface area contributed by atoms with Gasteiger partial charge < -0.3 is 4.42 Å². The summed E-state index contributed by atoms with van der Waals surface area (Å²) in [5.41, 5.74) is 0.871. The Balaban J connectivity index is 1.39. The molecule has 160 valence electrons. The minimum Gasteiger partial charge on any atom is -0.447 e. The number of nitro benzene ring substituents is 1. The summed E-state index contributed by atoms with van der Waals surface area (Å²) in [4.78, 5) is 17.8. The standard InChI is InChI=1S/C23H14BrClN2O3S2/c24-22-13-18(30-23(22)32-21-7-1-15(25)2-8-21)14-26-16-3-9-19(10-4-16)31-20-11-5-17(6-12-20)27(28)29/h1-14H. The Hall–Kier alpha value is -2.52. The van der Waals surface area contributed by atoms with Gasteiger partial charge in [0, 0.05) is 37.9 Å². The number of benzene rings is 3. The van der Waals surface area contributed by atoms with Crippen LogP contribution in [0, 0.1) is 10.1 Å². The van der Waals surface area contributed by atoms with Crippen LogP contribution in [0.1, 0.15) is 5.76 Å². The first-order valence-corrected chi connectivity index (χ1v) is 12.1. The number of rotatable bonds is 7. The quantitative estimate of drug-likeness (QED) is 0.132. The van der Waals surface area contributed by atoms with Gasteiger partial charge in [0.15, 0.2) is 5.09 Å². The molecular formula is C23H14BrClN2O3S2. The summed E-state index contributed by atoms with van der Waals surface area (Å²) in [6.45, 7) is 0. The van der Waals surface area contributed by atoms with Crippen molar-refractivity contribution < 1.29 is 9.34 Å². The largest absolute Gasteiger partial charge is 0.447 e. The molecule has 0 spiro atoms. The molecule has 0 bridgehead atoms. The van der Waals surface area contributed by atoms with Crippen LogP contribution in [-0.4, -0.2) is 11.1 Å². The van der Waals surface area contributed by atoms with Gasteiger partial charge in [0.1, 0.15) is 5.76 Å². The maximum Gasteiger partial charge on any atom is 0.269 e. The second-order valence-electron chi connectivity index (χ2n) is 6.45. The molecule has 0 saturated carbocycles. The van der Waals surface area contributed by atoms with Crippen molar-refractivity contribution in [2.45, 2.75) is 19.8 Å². The van der Waals surface area contributed by atoms with E-state index in [0.717, 1.165) is 29.9 Å². The highest BCUT2D eigenvalue weighted by Gasteiger charge is 2.10. The Morgan fingerprint density at radius 2 is 1.47 bits per heavy atom. The van der Waals surface area contributed by atoms with E-state index in [1.807, 2.05) is 54.6 Å². The predicted octanol–water partition coefficient (Wildman–Crippen LogP) is 8.66. The van der Waals surface area contributed by atoms with E-state index in [1.54, 1.807) is 18.3 Å². The summed E-state index contributed by atoms with van der Waals surface area (Å²) in [5, 5.41) is 12.2. The van der Waals surface area contributed by atoms with E-state index in [0.29, 0.717) is 10.8 Å². The van der Waals surface area contributed by atoms with Gasteiger partial charge in [-0.25, -0.2) is 0 Å². The first-order valence-electron chi connectivity index (χ1n) is 9.25. The Morgan fingerprint density at radius 1 is 0.906 bits per heavy atom. The van der Waals surface area contributed by atoms with Gasteiger partial charge in [-0.05, 0) is 76.6 Å². The van der Waals surface area contributed by atoms with Crippen molar-refractivity contribution in [1.29, 1.82) is 0 Å². The summed E-state index contributed by atoms with van der Waals surface area (Å²) < 4.78 is 6.74. The molecule has 32 heavy (non-hydrogen) atoms. The van der Waals surface area contributed by atoms with Crippen molar-refractivity contribution in [3.05, 3.63) is 104 Å². The van der Waals surface area contributed by atoms with E-state index in [9.17, 15) is 10.1 Å². The van der Waals surface area contributed by atoms with E-state index in [-0.39, 0.29) is 5.69 Å². The molecule has 0 aliphatic carbocycles. The van der Waals surface area contributed by atoms with Crippen LogP contribution in [0.5, 0.6) is 0 Å². The Morgan fingerprint density at radius 3 is 2.09 bits per heavy atom. The zero-order valence-corrected chi connectivity index (χ0v) is 20.2. The van der Waals surface area contributed by atoms with Crippen LogP contribution >= 0.6 is 51.1 Å². The third-order valence-corrected chi connectivity index (χ3v) is 7.28. The van der Waals surface area contributed by atoms with Crippen molar-refractivity contribution >= 4 is 68.6 Å². The average Bonchev–Trinajstić information content (AvgIpc) is 3.14. The van der Waals surface area contributed by atoms with E-state index in [1.165, 1.54) is 35.7 Å². The monoisotopic (exact) mass is 544 g/mol. The molecule has 0 saturated heterocycles. The summed E-state index contributed by atoms with van der Waals surface area (Å²) in [6, 6.07) is 23.6. The molecular weight excluding hydrogens is 532 g/mol. The minimum atomic E-state index is -0.405. The highest BCUT2D eigenvalue weighted by Crippen LogP contribution is 2.36. The molecule has 0 fully saturated rings. The van der Waals surface area contributed by atoms with Crippen LogP contribution in [0.25, 0.3) is 0 Å². The first-order chi connectivity index (χ1) is 15.5. The number of halogens is 2. The van der Waals surface area contributed by atoms with Crippen LogP contribution < -0.4 is 0 Å². The van der Waals surface area contributed by atoms with Gasteiger partial charge >= 0.3 is 0 Å². The highest BCUT2D eigenvalue weighted by atomic mass is 79.9. The van der Waals surface area contributed by atoms with Gasteiger partial charge in [-0.3, -0.25) is 15.1 Å². The molecule has 1 aromatic heterocycles. The van der Waals surface area contributed by atoms with Gasteiger partial charge in [-0.1, -0.05) is 35.1 Å². The molecule has 3 aromatic carbocycles. The molecule has 0 atom stereocenters. The van der Waals surface area contributed by atoms with E-state index >= 15 is 0 Å². The molecule has 0 N–H and O–H groups in total. The molecule has 0 radical (unpaired) electrons. The van der Waals surface area contributed by atoms with Crippen molar-refractivity contribution in [2.24, 2.45) is 4.99 Å². The van der Waals surface area contributed by atoms with E-state index in [2.05, 4.69) is 20.9 Å². The molecule has 4 rings (SSSR count). The summed E-state index contributed by atoms with van der Waals surface area (Å²) in [5.74, 6) is 0.637. The lowest BCUT2D eigenvalue weighted by atomic mass is 10.3. The summed E-state index contributed by atoms with van der Waals surface area (Å²) >= 11 is 12.5. The zero-order valence-electron chi connectivity index (χ0n) is 16.3. The van der Waals surface area contributed by atoms with Gasteiger partial charge in [0.2, 0.25) is 0 Å². The Kier molecular flexibility index (Phi) is 7.36. The van der Waals surface area contributed by atoms with E-state index < -0.39 is 4.92 Å². The normalized spacial score (nSPS) is 11.2. The lowest BCUT2D eigenvalue weighted by molar-refractivity contribution is -0.384.